The van der Waals surface area contributed by atoms with Crippen LogP contribution in [0.5, 0.6) is 0 Å². The fraction of sp³-hybridized carbons (Fsp3) is 0.571. The maximum absolute atomic E-state index is 11.9. The number of nitrogens with zero attached hydrogens (tertiary/aromatic N) is 4. The lowest BCUT2D eigenvalue weighted by molar-refractivity contribution is -0.121. The van der Waals surface area contributed by atoms with Gasteiger partial charge in [0.1, 0.15) is 10.0 Å². The van der Waals surface area contributed by atoms with Gasteiger partial charge in [0.05, 0.1) is 12.2 Å². The Bertz CT molecular complexity index is 631. The molecule has 0 aliphatic carbocycles. The van der Waals surface area contributed by atoms with E-state index in [2.05, 4.69) is 20.6 Å². The molecule has 0 radical (unpaired) electrons. The van der Waals surface area contributed by atoms with Crippen molar-refractivity contribution >= 4 is 17.2 Å². The van der Waals surface area contributed by atoms with Crippen molar-refractivity contribution in [2.45, 2.75) is 46.6 Å². The van der Waals surface area contributed by atoms with Crippen LogP contribution in [0.25, 0.3) is 0 Å². The number of hydrogen-bond acceptors (Lipinski definition) is 5. The van der Waals surface area contributed by atoms with E-state index in [1.165, 1.54) is 0 Å². The van der Waals surface area contributed by atoms with E-state index in [0.29, 0.717) is 19.4 Å². The summed E-state index contributed by atoms with van der Waals surface area (Å²) in [5, 5.41) is 17.2. The summed E-state index contributed by atoms with van der Waals surface area (Å²) >= 11 is 1.55. The number of rotatable bonds is 6. The standard InChI is InChI=1S/C14H21N5OS/c1-5-13-16-17-14(21-13)8-15-12(20)7-6-11-9(2)18-19(4)10(11)3/h5-8H2,1-4H3,(H,15,20). The molecular weight excluding hydrogens is 286 g/mol. The summed E-state index contributed by atoms with van der Waals surface area (Å²) in [5.41, 5.74) is 3.29. The lowest BCUT2D eigenvalue weighted by atomic mass is 10.1. The van der Waals surface area contributed by atoms with Crippen LogP contribution in [0.1, 0.15) is 40.3 Å². The SMILES string of the molecule is CCc1nnc(CNC(=O)CCc2c(C)nn(C)c2C)s1. The number of aryl methyl sites for hydroxylation is 3. The molecule has 0 saturated carbocycles. The summed E-state index contributed by atoms with van der Waals surface area (Å²) in [6.45, 7) is 6.51. The highest BCUT2D eigenvalue weighted by atomic mass is 32.1. The molecule has 1 N–H and O–H groups in total. The first-order valence-electron chi connectivity index (χ1n) is 7.08. The Labute approximate surface area is 128 Å². The quantitative estimate of drug-likeness (QED) is 0.881. The third-order valence-corrected chi connectivity index (χ3v) is 4.58. The molecule has 0 aromatic carbocycles. The molecule has 7 heteroatoms. The molecule has 1 amide bonds. The van der Waals surface area contributed by atoms with Crippen molar-refractivity contribution < 1.29 is 4.79 Å². The molecule has 2 aromatic rings. The summed E-state index contributed by atoms with van der Waals surface area (Å²) in [6.07, 6.45) is 2.06. The average Bonchev–Trinajstić information content (AvgIpc) is 3.01. The molecular formula is C14H21N5OS. The predicted octanol–water partition coefficient (Wildman–Crippen LogP) is 1.70. The molecule has 0 saturated heterocycles. The van der Waals surface area contributed by atoms with Gasteiger partial charge in [-0.15, -0.1) is 10.2 Å². The molecule has 114 valence electrons. The van der Waals surface area contributed by atoms with E-state index in [-0.39, 0.29) is 5.91 Å². The minimum Gasteiger partial charge on any atom is -0.350 e. The van der Waals surface area contributed by atoms with Crippen LogP contribution in [0, 0.1) is 13.8 Å². The van der Waals surface area contributed by atoms with Gasteiger partial charge in [0, 0.05) is 19.2 Å². The van der Waals surface area contributed by atoms with Crippen LogP contribution < -0.4 is 5.32 Å². The largest absolute Gasteiger partial charge is 0.350 e. The van der Waals surface area contributed by atoms with Gasteiger partial charge in [-0.05, 0) is 32.3 Å². The van der Waals surface area contributed by atoms with Crippen molar-refractivity contribution in [2.24, 2.45) is 7.05 Å². The molecule has 0 unspecified atom stereocenters. The maximum atomic E-state index is 11.9. The Balaban J connectivity index is 1.82. The van der Waals surface area contributed by atoms with Gasteiger partial charge in [-0.1, -0.05) is 18.3 Å². The van der Waals surface area contributed by atoms with E-state index in [4.69, 9.17) is 0 Å². The lowest BCUT2D eigenvalue weighted by Crippen LogP contribution is -2.23. The van der Waals surface area contributed by atoms with Crippen LogP contribution in [0.3, 0.4) is 0 Å². The third-order valence-electron chi connectivity index (χ3n) is 3.51. The Hall–Kier alpha value is -1.76. The molecule has 0 bridgehead atoms. The zero-order valence-corrected chi connectivity index (χ0v) is 13.8. The van der Waals surface area contributed by atoms with Crippen LogP contribution >= 0.6 is 11.3 Å². The fourth-order valence-electron chi connectivity index (χ4n) is 2.18. The maximum Gasteiger partial charge on any atom is 0.220 e. The number of hydrogen-bond donors (Lipinski definition) is 1. The van der Waals surface area contributed by atoms with Crippen LogP contribution in [0.4, 0.5) is 0 Å². The molecule has 21 heavy (non-hydrogen) atoms. The van der Waals surface area contributed by atoms with E-state index >= 15 is 0 Å². The van der Waals surface area contributed by atoms with Crippen LogP contribution in [-0.2, 0) is 31.2 Å². The predicted molar refractivity (Wildman–Crippen MR) is 82.1 cm³/mol. The van der Waals surface area contributed by atoms with Crippen molar-refractivity contribution in [1.29, 1.82) is 0 Å². The van der Waals surface area contributed by atoms with E-state index in [9.17, 15) is 4.79 Å². The van der Waals surface area contributed by atoms with Crippen LogP contribution in [-0.4, -0.2) is 25.9 Å². The second-order valence-corrected chi connectivity index (χ2v) is 6.14. The van der Waals surface area contributed by atoms with Gasteiger partial charge in [0.25, 0.3) is 0 Å². The molecule has 0 aliphatic rings. The first-order valence-corrected chi connectivity index (χ1v) is 7.90. The van der Waals surface area contributed by atoms with Gasteiger partial charge in [-0.3, -0.25) is 9.48 Å². The summed E-state index contributed by atoms with van der Waals surface area (Å²) in [5.74, 6) is 0.0332. The summed E-state index contributed by atoms with van der Waals surface area (Å²) in [4.78, 5) is 11.9. The van der Waals surface area contributed by atoms with E-state index in [1.807, 2.05) is 32.5 Å². The van der Waals surface area contributed by atoms with Crippen molar-refractivity contribution in [3.63, 3.8) is 0 Å². The second kappa shape index (κ2) is 6.80. The number of aromatic nitrogens is 4. The molecule has 6 nitrogen and oxygen atoms in total. The molecule has 0 spiro atoms. The van der Waals surface area contributed by atoms with E-state index in [1.54, 1.807) is 11.3 Å². The van der Waals surface area contributed by atoms with Gasteiger partial charge >= 0.3 is 0 Å². The molecule has 0 fully saturated rings. The smallest absolute Gasteiger partial charge is 0.220 e. The number of nitrogens with one attached hydrogen (secondary N) is 1. The molecule has 0 aliphatic heterocycles. The minimum absolute atomic E-state index is 0.0332. The molecule has 2 heterocycles. The summed E-state index contributed by atoms with van der Waals surface area (Å²) in [6, 6.07) is 0. The monoisotopic (exact) mass is 307 g/mol. The second-order valence-electron chi connectivity index (χ2n) is 4.99. The zero-order chi connectivity index (χ0) is 15.4. The van der Waals surface area contributed by atoms with Crippen LogP contribution in [0.2, 0.25) is 0 Å². The van der Waals surface area contributed by atoms with E-state index < -0.39 is 0 Å². The Morgan fingerprint density at radius 3 is 2.57 bits per heavy atom. The minimum atomic E-state index is 0.0332. The Morgan fingerprint density at radius 2 is 2.00 bits per heavy atom. The third kappa shape index (κ3) is 3.87. The van der Waals surface area contributed by atoms with Crippen molar-refractivity contribution in [2.75, 3.05) is 0 Å². The van der Waals surface area contributed by atoms with Gasteiger partial charge in [-0.2, -0.15) is 5.10 Å². The topological polar surface area (TPSA) is 72.7 Å². The number of amides is 1. The average molecular weight is 307 g/mol. The Kier molecular flexibility index (Phi) is 5.06. The number of carbonyl (C=O) groups excluding carboxylic acids is 1. The van der Waals surface area contributed by atoms with Crippen molar-refractivity contribution in [3.8, 4) is 0 Å². The zero-order valence-electron chi connectivity index (χ0n) is 12.9. The normalized spacial score (nSPS) is 10.9. The first kappa shape index (κ1) is 15.6. The van der Waals surface area contributed by atoms with Crippen molar-refractivity contribution in [1.82, 2.24) is 25.3 Å². The summed E-state index contributed by atoms with van der Waals surface area (Å²) in [7, 11) is 1.92. The number of carbonyl (C=O) groups is 1. The highest BCUT2D eigenvalue weighted by molar-refractivity contribution is 7.11. The van der Waals surface area contributed by atoms with Gasteiger partial charge in [0.15, 0.2) is 0 Å². The van der Waals surface area contributed by atoms with Crippen molar-refractivity contribution in [3.05, 3.63) is 27.0 Å². The molecule has 2 rings (SSSR count). The molecule has 0 atom stereocenters. The van der Waals surface area contributed by atoms with E-state index in [0.717, 1.165) is 33.4 Å². The van der Waals surface area contributed by atoms with Gasteiger partial charge in [0.2, 0.25) is 5.91 Å². The first-order chi connectivity index (χ1) is 10.0. The lowest BCUT2D eigenvalue weighted by Gasteiger charge is -2.04. The fourth-order valence-corrected chi connectivity index (χ4v) is 2.91. The summed E-state index contributed by atoms with van der Waals surface area (Å²) < 4.78 is 1.86. The Morgan fingerprint density at radius 1 is 1.29 bits per heavy atom. The van der Waals surface area contributed by atoms with Gasteiger partial charge in [-0.25, -0.2) is 0 Å². The van der Waals surface area contributed by atoms with Crippen LogP contribution in [0.15, 0.2) is 0 Å². The molecule has 2 aromatic heterocycles. The highest BCUT2D eigenvalue weighted by Gasteiger charge is 2.11. The highest BCUT2D eigenvalue weighted by Crippen LogP contribution is 2.14. The van der Waals surface area contributed by atoms with Gasteiger partial charge < -0.3 is 5.32 Å².